The molecule has 1 aliphatic carbocycles. The van der Waals surface area contributed by atoms with E-state index in [1.54, 1.807) is 12.1 Å². The monoisotopic (exact) mass is 319 g/mol. The van der Waals surface area contributed by atoms with E-state index in [9.17, 15) is 4.39 Å². The lowest BCUT2D eigenvalue weighted by molar-refractivity contribution is 0.272. The molecule has 4 nitrogen and oxygen atoms in total. The van der Waals surface area contributed by atoms with Gasteiger partial charge in [0.25, 0.3) is 0 Å². The predicted molar refractivity (Wildman–Crippen MR) is 90.3 cm³/mol. The van der Waals surface area contributed by atoms with Crippen molar-refractivity contribution in [1.29, 1.82) is 0 Å². The Labute approximate surface area is 137 Å². The smallest absolute Gasteiger partial charge is 0.191 e. The predicted octanol–water partition coefficient (Wildman–Crippen LogP) is 3.13. The van der Waals surface area contributed by atoms with Gasteiger partial charge in [0.15, 0.2) is 17.5 Å². The lowest BCUT2D eigenvalue weighted by Gasteiger charge is -2.36. The summed E-state index contributed by atoms with van der Waals surface area (Å²) in [5, 5.41) is 0. The fourth-order valence-corrected chi connectivity index (χ4v) is 3.41. The number of methoxy groups -OCH3 is 1. The number of benzene rings is 1. The van der Waals surface area contributed by atoms with Gasteiger partial charge in [-0.05, 0) is 55.2 Å². The fourth-order valence-electron chi connectivity index (χ4n) is 3.41. The van der Waals surface area contributed by atoms with Gasteiger partial charge in [0.1, 0.15) is 0 Å². The van der Waals surface area contributed by atoms with Gasteiger partial charge in [0.2, 0.25) is 0 Å². The van der Waals surface area contributed by atoms with Crippen molar-refractivity contribution in [3.8, 4) is 5.75 Å². The number of guanidine groups is 1. The molecule has 2 N–H and O–H groups in total. The van der Waals surface area contributed by atoms with E-state index in [0.29, 0.717) is 17.6 Å². The Hall–Kier alpha value is -1.78. The molecule has 1 heterocycles. The van der Waals surface area contributed by atoms with Crippen LogP contribution in [-0.2, 0) is 0 Å². The quantitative estimate of drug-likeness (QED) is 0.688. The SMILES string of the molecule is COc1ccc(C2CC(N=C(N)N3CCC(C)CC3)C2)cc1F. The van der Waals surface area contributed by atoms with Crippen molar-refractivity contribution in [3.63, 3.8) is 0 Å². The maximum atomic E-state index is 13.8. The fraction of sp³-hybridized carbons (Fsp3) is 0.611. The summed E-state index contributed by atoms with van der Waals surface area (Å²) in [5.41, 5.74) is 7.18. The van der Waals surface area contributed by atoms with Crippen LogP contribution in [0.25, 0.3) is 0 Å². The standard InChI is InChI=1S/C18H26FN3O/c1-12-5-7-22(8-6-12)18(20)21-15-9-14(10-15)13-3-4-17(23-2)16(19)11-13/h3-4,11-12,14-15H,5-10H2,1-2H3,(H2,20,21). The van der Waals surface area contributed by atoms with Gasteiger partial charge in [-0.3, -0.25) is 0 Å². The van der Waals surface area contributed by atoms with Crippen LogP contribution in [0.3, 0.4) is 0 Å². The van der Waals surface area contributed by atoms with Crippen molar-refractivity contribution < 1.29 is 9.13 Å². The molecule has 1 aromatic carbocycles. The summed E-state index contributed by atoms with van der Waals surface area (Å²) in [6, 6.07) is 5.50. The first-order valence-corrected chi connectivity index (χ1v) is 8.48. The second-order valence-electron chi connectivity index (χ2n) is 6.87. The molecule has 0 amide bonds. The summed E-state index contributed by atoms with van der Waals surface area (Å²) in [5.74, 6) is 1.85. The second-order valence-corrected chi connectivity index (χ2v) is 6.87. The maximum absolute atomic E-state index is 13.8. The molecule has 2 fully saturated rings. The molecule has 23 heavy (non-hydrogen) atoms. The van der Waals surface area contributed by atoms with Crippen LogP contribution in [0.5, 0.6) is 5.75 Å². The third kappa shape index (κ3) is 3.59. The average molecular weight is 319 g/mol. The zero-order chi connectivity index (χ0) is 16.4. The summed E-state index contributed by atoms with van der Waals surface area (Å²) in [6.07, 6.45) is 4.26. The van der Waals surface area contributed by atoms with Crippen molar-refractivity contribution in [2.45, 2.75) is 44.6 Å². The van der Waals surface area contributed by atoms with Crippen LogP contribution in [0.1, 0.15) is 44.1 Å². The molecule has 0 aromatic heterocycles. The van der Waals surface area contributed by atoms with Crippen LogP contribution in [0, 0.1) is 11.7 Å². The molecule has 3 rings (SSSR count). The van der Waals surface area contributed by atoms with Gasteiger partial charge < -0.3 is 15.4 Å². The zero-order valence-electron chi connectivity index (χ0n) is 14.0. The molecular formula is C18H26FN3O. The van der Waals surface area contributed by atoms with Crippen LogP contribution in [0.15, 0.2) is 23.2 Å². The normalized spacial score (nSPS) is 26.0. The van der Waals surface area contributed by atoms with Gasteiger partial charge in [-0.2, -0.15) is 0 Å². The Kier molecular flexibility index (Phi) is 4.74. The van der Waals surface area contributed by atoms with Crippen molar-refractivity contribution in [3.05, 3.63) is 29.6 Å². The number of piperidine rings is 1. The topological polar surface area (TPSA) is 50.9 Å². The maximum Gasteiger partial charge on any atom is 0.191 e. The lowest BCUT2D eigenvalue weighted by atomic mass is 9.76. The highest BCUT2D eigenvalue weighted by Crippen LogP contribution is 2.40. The summed E-state index contributed by atoms with van der Waals surface area (Å²) in [6.45, 7) is 4.31. The van der Waals surface area contributed by atoms with Crippen LogP contribution in [-0.4, -0.2) is 37.1 Å². The molecule has 5 heteroatoms. The van der Waals surface area contributed by atoms with E-state index in [-0.39, 0.29) is 11.9 Å². The molecule has 1 saturated heterocycles. The van der Waals surface area contributed by atoms with Crippen molar-refractivity contribution >= 4 is 5.96 Å². The average Bonchev–Trinajstić information content (AvgIpc) is 2.51. The number of rotatable bonds is 3. The number of nitrogens with zero attached hydrogens (tertiary/aromatic N) is 2. The summed E-state index contributed by atoms with van der Waals surface area (Å²) < 4.78 is 18.7. The van der Waals surface area contributed by atoms with Crippen molar-refractivity contribution in [2.24, 2.45) is 16.6 Å². The first-order valence-electron chi connectivity index (χ1n) is 8.48. The number of hydrogen-bond donors (Lipinski definition) is 1. The molecule has 1 aliphatic heterocycles. The summed E-state index contributed by atoms with van der Waals surface area (Å²) in [7, 11) is 1.48. The Bertz CT molecular complexity index is 576. The first kappa shape index (κ1) is 16.1. The second kappa shape index (κ2) is 6.77. The van der Waals surface area contributed by atoms with Crippen molar-refractivity contribution in [1.82, 2.24) is 4.90 Å². The van der Waals surface area contributed by atoms with E-state index in [4.69, 9.17) is 10.5 Å². The Morgan fingerprint density at radius 3 is 2.61 bits per heavy atom. The van der Waals surface area contributed by atoms with Gasteiger partial charge in [-0.15, -0.1) is 0 Å². The van der Waals surface area contributed by atoms with Gasteiger partial charge in [-0.25, -0.2) is 9.38 Å². The number of halogens is 1. The number of likely N-dealkylation sites (tertiary alicyclic amines) is 1. The van der Waals surface area contributed by atoms with E-state index in [0.717, 1.165) is 37.4 Å². The molecule has 1 aromatic rings. The molecule has 0 atom stereocenters. The number of ether oxygens (including phenoxy) is 1. The number of aliphatic imine (C=N–C) groups is 1. The summed E-state index contributed by atoms with van der Waals surface area (Å²) >= 11 is 0. The molecule has 126 valence electrons. The first-order chi connectivity index (χ1) is 11.1. The van der Waals surface area contributed by atoms with E-state index >= 15 is 0 Å². The number of hydrogen-bond acceptors (Lipinski definition) is 2. The number of nitrogens with two attached hydrogens (primary N) is 1. The van der Waals surface area contributed by atoms with Crippen LogP contribution in [0.4, 0.5) is 4.39 Å². The Morgan fingerprint density at radius 1 is 1.30 bits per heavy atom. The van der Waals surface area contributed by atoms with Gasteiger partial charge in [0.05, 0.1) is 13.2 Å². The highest BCUT2D eigenvalue weighted by molar-refractivity contribution is 5.78. The van der Waals surface area contributed by atoms with Crippen molar-refractivity contribution in [2.75, 3.05) is 20.2 Å². The third-order valence-electron chi connectivity index (χ3n) is 5.18. The third-order valence-corrected chi connectivity index (χ3v) is 5.18. The minimum atomic E-state index is -0.293. The molecule has 1 saturated carbocycles. The minimum Gasteiger partial charge on any atom is -0.494 e. The van der Waals surface area contributed by atoms with E-state index in [2.05, 4.69) is 16.8 Å². The summed E-state index contributed by atoms with van der Waals surface area (Å²) in [4.78, 5) is 6.86. The van der Waals surface area contributed by atoms with Gasteiger partial charge >= 0.3 is 0 Å². The Balaban J connectivity index is 1.54. The molecular weight excluding hydrogens is 293 g/mol. The van der Waals surface area contributed by atoms with Gasteiger partial charge in [-0.1, -0.05) is 13.0 Å². The van der Waals surface area contributed by atoms with E-state index in [1.807, 2.05) is 6.07 Å². The molecule has 2 aliphatic rings. The Morgan fingerprint density at radius 2 is 2.00 bits per heavy atom. The highest BCUT2D eigenvalue weighted by atomic mass is 19.1. The molecule has 0 unspecified atom stereocenters. The molecule has 0 bridgehead atoms. The van der Waals surface area contributed by atoms with Crippen LogP contribution >= 0.6 is 0 Å². The largest absolute Gasteiger partial charge is 0.494 e. The molecule has 0 radical (unpaired) electrons. The minimum absolute atomic E-state index is 0.268. The highest BCUT2D eigenvalue weighted by Gasteiger charge is 2.31. The molecule has 0 spiro atoms. The van der Waals surface area contributed by atoms with E-state index < -0.39 is 0 Å². The van der Waals surface area contributed by atoms with Crippen LogP contribution in [0.2, 0.25) is 0 Å². The van der Waals surface area contributed by atoms with Gasteiger partial charge in [0, 0.05) is 13.1 Å². The van der Waals surface area contributed by atoms with Crippen LogP contribution < -0.4 is 10.5 Å². The zero-order valence-corrected chi connectivity index (χ0v) is 14.0. The lowest BCUT2D eigenvalue weighted by Crippen LogP contribution is -2.44. The van der Waals surface area contributed by atoms with E-state index in [1.165, 1.54) is 20.0 Å².